The third-order valence-electron chi connectivity index (χ3n) is 3.36. The average molecular weight is 300 g/mol. The van der Waals surface area contributed by atoms with E-state index >= 15 is 0 Å². The summed E-state index contributed by atoms with van der Waals surface area (Å²) in [6, 6.07) is 0. The molecule has 3 unspecified atom stereocenters. The highest BCUT2D eigenvalue weighted by molar-refractivity contribution is 8.06. The number of hydrogen-bond acceptors (Lipinski definition) is 7. The van der Waals surface area contributed by atoms with Crippen LogP contribution in [0.3, 0.4) is 0 Å². The third kappa shape index (κ3) is 2.83. The van der Waals surface area contributed by atoms with Crippen LogP contribution in [0.5, 0.6) is 0 Å². The summed E-state index contributed by atoms with van der Waals surface area (Å²) in [7, 11) is 0. The van der Waals surface area contributed by atoms with Gasteiger partial charge < -0.3 is 9.26 Å². The number of rotatable bonds is 2. The van der Waals surface area contributed by atoms with Crippen molar-refractivity contribution in [2.45, 2.75) is 29.8 Å². The zero-order valence-electron chi connectivity index (χ0n) is 10.7. The molecule has 5 nitrogen and oxygen atoms in total. The second-order valence-corrected chi connectivity index (χ2v) is 7.44. The van der Waals surface area contributed by atoms with Crippen LogP contribution in [-0.2, 0) is 9.53 Å². The molecule has 2 fully saturated rings. The number of ketones is 1. The van der Waals surface area contributed by atoms with Crippen molar-refractivity contribution in [3.8, 4) is 0 Å². The van der Waals surface area contributed by atoms with Gasteiger partial charge in [-0.15, -0.1) is 11.8 Å². The molecule has 0 N–H and O–H groups in total. The monoisotopic (exact) mass is 300 g/mol. The fraction of sp³-hybridized carbons (Fsp3) is 0.750. The molecule has 3 rings (SSSR count). The second kappa shape index (κ2) is 5.85. The van der Waals surface area contributed by atoms with Gasteiger partial charge in [0.05, 0.1) is 18.5 Å². The number of ether oxygens (including phenoxy) is 1. The summed E-state index contributed by atoms with van der Waals surface area (Å²) in [5.74, 6) is 3.18. The van der Waals surface area contributed by atoms with Crippen LogP contribution in [0.1, 0.15) is 36.2 Å². The van der Waals surface area contributed by atoms with Crippen molar-refractivity contribution in [2.75, 3.05) is 24.7 Å². The lowest BCUT2D eigenvalue weighted by molar-refractivity contribution is -0.127. The van der Waals surface area contributed by atoms with Crippen LogP contribution in [0, 0.1) is 0 Å². The van der Waals surface area contributed by atoms with E-state index in [2.05, 4.69) is 17.1 Å². The molecular formula is C12H16N2O3S2. The van der Waals surface area contributed by atoms with Crippen LogP contribution in [0.15, 0.2) is 4.52 Å². The van der Waals surface area contributed by atoms with Gasteiger partial charge in [0.15, 0.2) is 5.82 Å². The number of aromatic nitrogens is 2. The maximum absolute atomic E-state index is 11.8. The molecule has 104 valence electrons. The number of carbonyl (C=O) groups excluding carboxylic acids is 1. The highest BCUT2D eigenvalue weighted by atomic mass is 32.2. The predicted octanol–water partition coefficient (Wildman–Crippen LogP) is 2.05. The van der Waals surface area contributed by atoms with Crippen LogP contribution in [-0.4, -0.2) is 45.9 Å². The quantitative estimate of drug-likeness (QED) is 0.828. The fourth-order valence-electron chi connectivity index (χ4n) is 2.27. The van der Waals surface area contributed by atoms with E-state index in [1.807, 2.05) is 23.5 Å². The minimum absolute atomic E-state index is 0.139. The molecule has 7 heteroatoms. The highest BCUT2D eigenvalue weighted by Gasteiger charge is 2.33. The first-order valence-electron chi connectivity index (χ1n) is 6.43. The van der Waals surface area contributed by atoms with Gasteiger partial charge in [-0.25, -0.2) is 0 Å². The number of Topliss-reactive ketones (excluding diaryl/α,β-unsaturated/α-hetero) is 1. The van der Waals surface area contributed by atoms with Gasteiger partial charge >= 0.3 is 0 Å². The van der Waals surface area contributed by atoms with E-state index in [9.17, 15) is 4.79 Å². The van der Waals surface area contributed by atoms with Crippen LogP contribution >= 0.6 is 23.5 Å². The summed E-state index contributed by atoms with van der Waals surface area (Å²) in [4.78, 5) is 16.3. The van der Waals surface area contributed by atoms with Crippen LogP contribution < -0.4 is 0 Å². The van der Waals surface area contributed by atoms with Gasteiger partial charge in [-0.1, -0.05) is 12.1 Å². The Hall–Kier alpha value is -0.530. The van der Waals surface area contributed by atoms with Crippen LogP contribution in [0.4, 0.5) is 0 Å². The summed E-state index contributed by atoms with van der Waals surface area (Å²) in [5.41, 5.74) is 0. The molecule has 3 heterocycles. The normalized spacial score (nSPS) is 32.5. The molecule has 0 amide bonds. The van der Waals surface area contributed by atoms with Gasteiger partial charge in [0.1, 0.15) is 11.7 Å². The Balaban J connectivity index is 1.76. The fourth-order valence-corrected chi connectivity index (χ4v) is 4.95. The zero-order chi connectivity index (χ0) is 13.2. The Morgan fingerprint density at radius 2 is 2.16 bits per heavy atom. The Labute approximate surface area is 120 Å². The molecule has 2 saturated heterocycles. The standard InChI is InChI=1S/C12H16N2O3S2/c1-7-10(19-5-4-18-7)11-13-12(17-14-11)8-6-16-3-2-9(8)15/h7-8,10H,2-6H2,1H3. The summed E-state index contributed by atoms with van der Waals surface area (Å²) in [6.45, 7) is 3.05. The highest BCUT2D eigenvalue weighted by Crippen LogP contribution is 2.41. The maximum Gasteiger partial charge on any atom is 0.239 e. The lowest BCUT2D eigenvalue weighted by Gasteiger charge is -2.24. The van der Waals surface area contributed by atoms with Crippen molar-refractivity contribution < 1.29 is 14.1 Å². The molecule has 1 aromatic heterocycles. The van der Waals surface area contributed by atoms with Crippen molar-refractivity contribution in [3.05, 3.63) is 11.7 Å². The van der Waals surface area contributed by atoms with Crippen LogP contribution in [0.2, 0.25) is 0 Å². The molecule has 0 saturated carbocycles. The Morgan fingerprint density at radius 1 is 1.32 bits per heavy atom. The molecule has 0 bridgehead atoms. The largest absolute Gasteiger partial charge is 0.380 e. The zero-order valence-corrected chi connectivity index (χ0v) is 12.3. The SMILES string of the molecule is CC1SCCSC1c1noc(C2COCCC2=O)n1. The van der Waals surface area contributed by atoms with E-state index < -0.39 is 0 Å². The Kier molecular flexibility index (Phi) is 4.14. The van der Waals surface area contributed by atoms with Gasteiger partial charge in [0.25, 0.3) is 0 Å². The van der Waals surface area contributed by atoms with Crippen molar-refractivity contribution in [2.24, 2.45) is 0 Å². The van der Waals surface area contributed by atoms with Gasteiger partial charge in [0.2, 0.25) is 5.89 Å². The number of nitrogens with zero attached hydrogens (tertiary/aromatic N) is 2. The molecule has 0 aliphatic carbocycles. The van der Waals surface area contributed by atoms with E-state index in [4.69, 9.17) is 9.26 Å². The predicted molar refractivity (Wildman–Crippen MR) is 74.6 cm³/mol. The lowest BCUT2D eigenvalue weighted by Crippen LogP contribution is -2.26. The van der Waals surface area contributed by atoms with E-state index in [0.29, 0.717) is 30.8 Å². The first-order chi connectivity index (χ1) is 9.25. The van der Waals surface area contributed by atoms with E-state index in [0.717, 1.165) is 11.6 Å². The lowest BCUT2D eigenvalue weighted by atomic mass is 10.0. The molecule has 19 heavy (non-hydrogen) atoms. The topological polar surface area (TPSA) is 65.2 Å². The minimum Gasteiger partial charge on any atom is -0.380 e. The summed E-state index contributed by atoms with van der Waals surface area (Å²) < 4.78 is 10.6. The average Bonchev–Trinajstić information content (AvgIpc) is 2.89. The molecule has 0 radical (unpaired) electrons. The van der Waals surface area contributed by atoms with E-state index in [-0.39, 0.29) is 17.0 Å². The van der Waals surface area contributed by atoms with Gasteiger partial charge in [-0.2, -0.15) is 16.7 Å². The van der Waals surface area contributed by atoms with Gasteiger partial charge in [-0.05, 0) is 0 Å². The summed E-state index contributed by atoms with van der Waals surface area (Å²) in [6.07, 6.45) is 0.437. The number of hydrogen-bond donors (Lipinski definition) is 0. The Bertz CT molecular complexity index is 466. The molecule has 2 aliphatic rings. The minimum atomic E-state index is -0.369. The van der Waals surface area contributed by atoms with Gasteiger partial charge in [0, 0.05) is 23.2 Å². The smallest absolute Gasteiger partial charge is 0.239 e. The van der Waals surface area contributed by atoms with Crippen molar-refractivity contribution in [1.82, 2.24) is 10.1 Å². The summed E-state index contributed by atoms with van der Waals surface area (Å²) in [5, 5.41) is 4.81. The van der Waals surface area contributed by atoms with Crippen molar-refractivity contribution >= 4 is 29.3 Å². The molecule has 0 aromatic carbocycles. The molecule has 2 aliphatic heterocycles. The molecule has 3 atom stereocenters. The first-order valence-corrected chi connectivity index (χ1v) is 8.52. The van der Waals surface area contributed by atoms with Crippen molar-refractivity contribution in [1.29, 1.82) is 0 Å². The summed E-state index contributed by atoms with van der Waals surface area (Å²) >= 11 is 3.80. The molecule has 1 aromatic rings. The third-order valence-corrected chi connectivity index (χ3v) is 6.45. The number of thioether (sulfide) groups is 2. The van der Waals surface area contributed by atoms with E-state index in [1.54, 1.807) is 0 Å². The second-order valence-electron chi connectivity index (χ2n) is 4.70. The Morgan fingerprint density at radius 3 is 2.95 bits per heavy atom. The first kappa shape index (κ1) is 13.5. The maximum atomic E-state index is 11.8. The van der Waals surface area contributed by atoms with Crippen molar-refractivity contribution in [3.63, 3.8) is 0 Å². The molecular weight excluding hydrogens is 284 g/mol. The van der Waals surface area contributed by atoms with E-state index in [1.165, 1.54) is 5.75 Å². The van der Waals surface area contributed by atoms with Crippen LogP contribution in [0.25, 0.3) is 0 Å². The van der Waals surface area contributed by atoms with Gasteiger partial charge in [-0.3, -0.25) is 4.79 Å². The number of carbonyl (C=O) groups is 1. The molecule has 0 spiro atoms.